The molecule has 1 heterocycles. The number of anilines is 2. The lowest BCUT2D eigenvalue weighted by atomic mass is 9.77. The quantitative estimate of drug-likeness (QED) is 0.451. The third kappa shape index (κ3) is 4.53. The van der Waals surface area contributed by atoms with Crippen LogP contribution in [0.2, 0.25) is 0 Å². The summed E-state index contributed by atoms with van der Waals surface area (Å²) in [6.45, 7) is 6.01. The summed E-state index contributed by atoms with van der Waals surface area (Å²) in [5, 5.41) is 12.4. The van der Waals surface area contributed by atoms with Gasteiger partial charge >= 0.3 is 0 Å². The molecular formula is C27H26FN3O. The van der Waals surface area contributed by atoms with Crippen molar-refractivity contribution in [2.75, 3.05) is 11.9 Å². The van der Waals surface area contributed by atoms with Gasteiger partial charge in [0, 0.05) is 30.0 Å². The second kappa shape index (κ2) is 9.71. The van der Waals surface area contributed by atoms with Crippen molar-refractivity contribution in [3.8, 4) is 11.3 Å². The maximum absolute atomic E-state index is 14.7. The zero-order valence-corrected chi connectivity index (χ0v) is 18.1. The van der Waals surface area contributed by atoms with E-state index in [9.17, 15) is 9.50 Å². The maximum atomic E-state index is 14.7. The fraction of sp³-hybridized carbons (Fsp3) is 0.185. The van der Waals surface area contributed by atoms with Gasteiger partial charge < -0.3 is 10.4 Å². The fourth-order valence-corrected chi connectivity index (χ4v) is 4.02. The van der Waals surface area contributed by atoms with Crippen molar-refractivity contribution < 1.29 is 9.50 Å². The first kappa shape index (κ1) is 21.7. The Morgan fingerprint density at radius 2 is 2.09 bits per heavy atom. The van der Waals surface area contributed by atoms with E-state index in [0.717, 1.165) is 33.6 Å². The van der Waals surface area contributed by atoms with Crippen LogP contribution in [0.4, 0.5) is 16.0 Å². The van der Waals surface area contributed by atoms with Crippen molar-refractivity contribution in [2.45, 2.75) is 25.7 Å². The molecule has 0 unspecified atom stereocenters. The van der Waals surface area contributed by atoms with E-state index >= 15 is 0 Å². The highest BCUT2D eigenvalue weighted by Gasteiger charge is 2.29. The summed E-state index contributed by atoms with van der Waals surface area (Å²) < 4.78 is 14.7. The van der Waals surface area contributed by atoms with Crippen LogP contribution in [0.15, 0.2) is 90.9 Å². The number of benzene rings is 2. The minimum absolute atomic E-state index is 0.104. The number of hydrogen-bond donors (Lipinski definition) is 2. The average Bonchev–Trinajstić information content (AvgIpc) is 2.82. The van der Waals surface area contributed by atoms with Gasteiger partial charge in [-0.3, -0.25) is 0 Å². The van der Waals surface area contributed by atoms with E-state index in [-0.39, 0.29) is 18.4 Å². The summed E-state index contributed by atoms with van der Waals surface area (Å²) in [4.78, 5) is 9.30. The van der Waals surface area contributed by atoms with Gasteiger partial charge in [0.2, 0.25) is 5.95 Å². The first-order valence-corrected chi connectivity index (χ1v) is 10.7. The van der Waals surface area contributed by atoms with Crippen molar-refractivity contribution in [1.29, 1.82) is 0 Å². The van der Waals surface area contributed by atoms with Gasteiger partial charge in [0.15, 0.2) is 0 Å². The van der Waals surface area contributed by atoms with Crippen molar-refractivity contribution in [1.82, 2.24) is 9.97 Å². The molecule has 2 N–H and O–H groups in total. The Kier molecular flexibility index (Phi) is 6.57. The van der Waals surface area contributed by atoms with Crippen LogP contribution in [-0.4, -0.2) is 21.7 Å². The van der Waals surface area contributed by atoms with Gasteiger partial charge in [-0.05, 0) is 60.2 Å². The largest absolute Gasteiger partial charge is 0.396 e. The zero-order valence-electron chi connectivity index (χ0n) is 18.1. The smallest absolute Gasteiger partial charge is 0.227 e. The average molecular weight is 428 g/mol. The lowest BCUT2D eigenvalue weighted by Crippen LogP contribution is -2.15. The standard InChI is InChI=1S/C27H26FN3O/c1-3-4-12-25(28)18(2)24-16-20-17-29-27(30-21-9-7-8-19(15-21)13-14-32)31-26(20)23-11-6-5-10-22(23)24/h3-12,15,17,24,32H,2,13-14,16H2,1H3,(H,29,30,31)/b4-3-,25-12+/t24-/m0/s1. The molecule has 1 atom stereocenters. The minimum atomic E-state index is -0.312. The molecule has 32 heavy (non-hydrogen) atoms. The molecule has 5 heteroatoms. The predicted molar refractivity (Wildman–Crippen MR) is 128 cm³/mol. The molecule has 0 bridgehead atoms. The van der Waals surface area contributed by atoms with Gasteiger partial charge in [-0.25, -0.2) is 14.4 Å². The Hall–Kier alpha value is -3.57. The van der Waals surface area contributed by atoms with Gasteiger partial charge in [0.25, 0.3) is 0 Å². The van der Waals surface area contributed by atoms with Crippen LogP contribution >= 0.6 is 0 Å². The van der Waals surface area contributed by atoms with Crippen molar-refractivity contribution in [3.63, 3.8) is 0 Å². The van der Waals surface area contributed by atoms with E-state index in [1.54, 1.807) is 12.2 Å². The molecule has 3 aromatic rings. The van der Waals surface area contributed by atoms with Gasteiger partial charge in [-0.1, -0.05) is 55.1 Å². The lowest BCUT2D eigenvalue weighted by Gasteiger charge is -2.28. The number of nitrogens with one attached hydrogen (secondary N) is 1. The molecule has 0 saturated carbocycles. The molecule has 0 fully saturated rings. The number of halogens is 1. The van der Waals surface area contributed by atoms with Gasteiger partial charge in [0.1, 0.15) is 5.83 Å². The van der Waals surface area contributed by atoms with Crippen LogP contribution < -0.4 is 5.32 Å². The molecule has 0 spiro atoms. The molecule has 162 valence electrons. The number of aliphatic hydroxyl groups excluding tert-OH is 1. The monoisotopic (exact) mass is 427 g/mol. The molecule has 1 aliphatic carbocycles. The van der Waals surface area contributed by atoms with Crippen LogP contribution in [0.25, 0.3) is 11.3 Å². The van der Waals surface area contributed by atoms with Crippen LogP contribution in [0.1, 0.15) is 29.5 Å². The summed E-state index contributed by atoms with van der Waals surface area (Å²) in [5.74, 6) is 0.0160. The van der Waals surface area contributed by atoms with E-state index in [4.69, 9.17) is 4.98 Å². The highest BCUT2D eigenvalue weighted by Crippen LogP contribution is 2.43. The van der Waals surface area contributed by atoms with E-state index < -0.39 is 0 Å². The number of hydrogen-bond acceptors (Lipinski definition) is 4. The molecule has 1 aromatic heterocycles. The summed E-state index contributed by atoms with van der Waals surface area (Å²) in [6.07, 6.45) is 7.92. The Morgan fingerprint density at radius 3 is 2.91 bits per heavy atom. The maximum Gasteiger partial charge on any atom is 0.227 e. The molecule has 2 aromatic carbocycles. The number of nitrogens with zero attached hydrogens (tertiary/aromatic N) is 2. The SMILES string of the molecule is C=C(/C(F)=C\C=C/C)[C@@H]1Cc2cnc(Nc3cccc(CCO)c3)nc2-c2ccccc21. The number of fused-ring (bicyclic) bond motifs is 3. The Bertz CT molecular complexity index is 1200. The molecule has 1 aliphatic rings. The molecule has 0 aliphatic heterocycles. The van der Waals surface area contributed by atoms with Crippen molar-refractivity contribution in [3.05, 3.63) is 108 Å². The molecular weight excluding hydrogens is 401 g/mol. The number of allylic oxidation sites excluding steroid dienone is 5. The zero-order chi connectivity index (χ0) is 22.5. The summed E-state index contributed by atoms with van der Waals surface area (Å²) in [6, 6.07) is 15.8. The Morgan fingerprint density at radius 1 is 1.25 bits per heavy atom. The fourth-order valence-electron chi connectivity index (χ4n) is 4.02. The van der Waals surface area contributed by atoms with Gasteiger partial charge in [-0.2, -0.15) is 0 Å². The van der Waals surface area contributed by atoms with Gasteiger partial charge in [0.05, 0.1) is 5.69 Å². The summed E-state index contributed by atoms with van der Waals surface area (Å²) in [7, 11) is 0. The van der Waals surface area contributed by atoms with Crippen LogP contribution in [-0.2, 0) is 12.8 Å². The second-order valence-corrected chi connectivity index (χ2v) is 7.78. The highest BCUT2D eigenvalue weighted by atomic mass is 19.1. The summed E-state index contributed by atoms with van der Waals surface area (Å²) in [5.41, 5.74) is 6.17. The first-order valence-electron chi connectivity index (χ1n) is 10.7. The third-order valence-corrected chi connectivity index (χ3v) is 5.63. The van der Waals surface area contributed by atoms with Crippen LogP contribution in [0.3, 0.4) is 0 Å². The predicted octanol–water partition coefficient (Wildman–Crippen LogP) is 6.05. The van der Waals surface area contributed by atoms with E-state index in [2.05, 4.69) is 16.9 Å². The first-order chi connectivity index (χ1) is 15.6. The Balaban J connectivity index is 1.66. The molecule has 4 rings (SSSR count). The van der Waals surface area contributed by atoms with E-state index in [1.807, 2.05) is 61.7 Å². The van der Waals surface area contributed by atoms with Gasteiger partial charge in [-0.15, -0.1) is 0 Å². The number of rotatable bonds is 7. The minimum Gasteiger partial charge on any atom is -0.396 e. The molecule has 0 radical (unpaired) electrons. The van der Waals surface area contributed by atoms with E-state index in [1.165, 1.54) is 6.08 Å². The third-order valence-electron chi connectivity index (χ3n) is 5.63. The Labute approximate surface area is 187 Å². The molecule has 0 amide bonds. The second-order valence-electron chi connectivity index (χ2n) is 7.78. The molecule has 4 nitrogen and oxygen atoms in total. The normalized spacial score (nSPS) is 15.3. The number of aliphatic hydroxyl groups is 1. The topological polar surface area (TPSA) is 58.0 Å². The lowest BCUT2D eigenvalue weighted by molar-refractivity contribution is 0.299. The van der Waals surface area contributed by atoms with E-state index in [0.29, 0.717) is 24.4 Å². The van der Waals surface area contributed by atoms with Crippen molar-refractivity contribution >= 4 is 11.6 Å². The van der Waals surface area contributed by atoms with Crippen LogP contribution in [0.5, 0.6) is 0 Å². The summed E-state index contributed by atoms with van der Waals surface area (Å²) >= 11 is 0. The van der Waals surface area contributed by atoms with Crippen molar-refractivity contribution in [2.24, 2.45) is 0 Å². The number of aromatic nitrogens is 2. The highest BCUT2D eigenvalue weighted by molar-refractivity contribution is 5.73. The van der Waals surface area contributed by atoms with Crippen LogP contribution in [0, 0.1) is 0 Å². The molecule has 0 saturated heterocycles.